The van der Waals surface area contributed by atoms with Crippen LogP contribution < -0.4 is 0 Å². The van der Waals surface area contributed by atoms with Crippen molar-refractivity contribution >= 4 is 5.97 Å². The van der Waals surface area contributed by atoms with Crippen LogP contribution in [0.1, 0.15) is 90.4 Å². The first-order chi connectivity index (χ1) is 8.79. The highest BCUT2D eigenvalue weighted by atomic mass is 16.5. The number of esters is 1. The molecule has 1 aliphatic rings. The highest BCUT2D eigenvalue weighted by Gasteiger charge is 2.09. The minimum atomic E-state index is 0.00888. The molecule has 0 bridgehead atoms. The van der Waals surface area contributed by atoms with Gasteiger partial charge in [0, 0.05) is 6.42 Å². The van der Waals surface area contributed by atoms with Crippen molar-refractivity contribution in [3.8, 4) is 0 Å². The molecule has 0 aromatic rings. The van der Waals surface area contributed by atoms with Crippen LogP contribution in [0.2, 0.25) is 0 Å². The maximum atomic E-state index is 11.6. The Bertz CT molecular complexity index is 213. The maximum absolute atomic E-state index is 11.6. The summed E-state index contributed by atoms with van der Waals surface area (Å²) in [5.41, 5.74) is 0. The predicted molar refractivity (Wildman–Crippen MR) is 75.6 cm³/mol. The molecule has 0 amide bonds. The average Bonchev–Trinajstić information content (AvgIpc) is 2.33. The summed E-state index contributed by atoms with van der Waals surface area (Å²) >= 11 is 0. The lowest BCUT2D eigenvalue weighted by molar-refractivity contribution is -0.148. The molecule has 18 heavy (non-hydrogen) atoms. The summed E-state index contributed by atoms with van der Waals surface area (Å²) in [4.78, 5) is 11.6. The van der Waals surface area contributed by atoms with Crippen molar-refractivity contribution in [3.05, 3.63) is 0 Å². The van der Waals surface area contributed by atoms with E-state index in [1.807, 2.05) is 6.92 Å². The topological polar surface area (TPSA) is 26.3 Å². The monoisotopic (exact) mass is 254 g/mol. The SMILES string of the molecule is CC1CCCCCCCCCCCCCC(=O)O1. The van der Waals surface area contributed by atoms with Crippen molar-refractivity contribution in [2.24, 2.45) is 0 Å². The first kappa shape index (κ1) is 15.5. The fourth-order valence-electron chi connectivity index (χ4n) is 2.63. The molecule has 0 aromatic carbocycles. The van der Waals surface area contributed by atoms with Gasteiger partial charge in [0.1, 0.15) is 0 Å². The van der Waals surface area contributed by atoms with E-state index in [0.717, 1.165) is 12.8 Å². The van der Waals surface area contributed by atoms with Gasteiger partial charge in [-0.15, -0.1) is 0 Å². The Labute approximate surface area is 112 Å². The van der Waals surface area contributed by atoms with Crippen molar-refractivity contribution in [3.63, 3.8) is 0 Å². The Morgan fingerprint density at radius 2 is 1.22 bits per heavy atom. The average molecular weight is 254 g/mol. The van der Waals surface area contributed by atoms with Crippen LogP contribution in [0, 0.1) is 0 Å². The Balaban J connectivity index is 2.21. The summed E-state index contributed by atoms with van der Waals surface area (Å²) in [7, 11) is 0. The zero-order chi connectivity index (χ0) is 13.1. The summed E-state index contributed by atoms with van der Waals surface area (Å²) in [6, 6.07) is 0. The summed E-state index contributed by atoms with van der Waals surface area (Å²) in [5.74, 6) is 0.00888. The van der Waals surface area contributed by atoms with E-state index in [1.54, 1.807) is 0 Å². The van der Waals surface area contributed by atoms with Gasteiger partial charge in [-0.3, -0.25) is 4.79 Å². The van der Waals surface area contributed by atoms with Crippen molar-refractivity contribution in [2.45, 2.75) is 96.5 Å². The lowest BCUT2D eigenvalue weighted by atomic mass is 10.0. The number of rotatable bonds is 0. The van der Waals surface area contributed by atoms with Crippen molar-refractivity contribution in [1.82, 2.24) is 0 Å². The molecule has 1 aliphatic heterocycles. The second kappa shape index (κ2) is 10.4. The van der Waals surface area contributed by atoms with E-state index in [2.05, 4.69) is 0 Å². The summed E-state index contributed by atoms with van der Waals surface area (Å²) in [5, 5.41) is 0. The van der Waals surface area contributed by atoms with Gasteiger partial charge in [0.15, 0.2) is 0 Å². The molecule has 2 heteroatoms. The third kappa shape index (κ3) is 8.54. The third-order valence-electron chi connectivity index (χ3n) is 3.82. The molecule has 1 rings (SSSR count). The normalized spacial score (nSPS) is 26.5. The first-order valence-electron chi connectivity index (χ1n) is 7.98. The van der Waals surface area contributed by atoms with E-state index in [9.17, 15) is 4.79 Å². The van der Waals surface area contributed by atoms with Crippen LogP contribution in [0.3, 0.4) is 0 Å². The smallest absolute Gasteiger partial charge is 0.306 e. The minimum absolute atomic E-state index is 0.00888. The van der Waals surface area contributed by atoms with Crippen LogP contribution in [-0.4, -0.2) is 12.1 Å². The molecule has 106 valence electrons. The minimum Gasteiger partial charge on any atom is -0.463 e. The van der Waals surface area contributed by atoms with E-state index in [-0.39, 0.29) is 12.1 Å². The molecule has 1 atom stereocenters. The first-order valence-corrected chi connectivity index (χ1v) is 7.98. The van der Waals surface area contributed by atoms with Crippen molar-refractivity contribution < 1.29 is 9.53 Å². The van der Waals surface area contributed by atoms with Crippen LogP contribution in [0.15, 0.2) is 0 Å². The molecule has 2 nitrogen and oxygen atoms in total. The summed E-state index contributed by atoms with van der Waals surface area (Å²) in [6.45, 7) is 2.03. The molecule has 1 unspecified atom stereocenters. The van der Waals surface area contributed by atoms with Gasteiger partial charge >= 0.3 is 5.97 Å². The third-order valence-corrected chi connectivity index (χ3v) is 3.82. The van der Waals surface area contributed by atoms with Gasteiger partial charge in [-0.2, -0.15) is 0 Å². The van der Waals surface area contributed by atoms with Gasteiger partial charge in [0.25, 0.3) is 0 Å². The largest absolute Gasteiger partial charge is 0.463 e. The van der Waals surface area contributed by atoms with Gasteiger partial charge in [-0.25, -0.2) is 0 Å². The molecule has 1 heterocycles. The van der Waals surface area contributed by atoms with E-state index in [0.29, 0.717) is 6.42 Å². The number of carbonyl (C=O) groups is 1. The van der Waals surface area contributed by atoms with Crippen LogP contribution in [0.4, 0.5) is 0 Å². The molecule has 0 radical (unpaired) electrons. The predicted octanol–water partition coefficient (Wildman–Crippen LogP) is 5.00. The maximum Gasteiger partial charge on any atom is 0.306 e. The van der Waals surface area contributed by atoms with Crippen LogP contribution in [0.25, 0.3) is 0 Å². The Kier molecular flexibility index (Phi) is 8.97. The lowest BCUT2D eigenvalue weighted by Crippen LogP contribution is -2.14. The number of cyclic esters (lactones) is 1. The van der Waals surface area contributed by atoms with Gasteiger partial charge in [-0.05, 0) is 26.2 Å². The fraction of sp³-hybridized carbons (Fsp3) is 0.938. The van der Waals surface area contributed by atoms with Gasteiger partial charge in [0.05, 0.1) is 6.10 Å². The molecule has 0 aliphatic carbocycles. The number of carbonyl (C=O) groups excluding carboxylic acids is 1. The van der Waals surface area contributed by atoms with Crippen LogP contribution in [0.5, 0.6) is 0 Å². The Hall–Kier alpha value is -0.530. The molecular weight excluding hydrogens is 224 g/mol. The van der Waals surface area contributed by atoms with Crippen LogP contribution >= 0.6 is 0 Å². The Morgan fingerprint density at radius 1 is 0.778 bits per heavy atom. The number of hydrogen-bond donors (Lipinski definition) is 0. The fourth-order valence-corrected chi connectivity index (χ4v) is 2.63. The van der Waals surface area contributed by atoms with E-state index in [4.69, 9.17) is 4.74 Å². The second-order valence-corrected chi connectivity index (χ2v) is 5.73. The second-order valence-electron chi connectivity index (χ2n) is 5.73. The highest BCUT2D eigenvalue weighted by Crippen LogP contribution is 2.15. The van der Waals surface area contributed by atoms with Crippen molar-refractivity contribution in [2.75, 3.05) is 0 Å². The van der Waals surface area contributed by atoms with Gasteiger partial charge < -0.3 is 4.74 Å². The Morgan fingerprint density at radius 3 is 1.78 bits per heavy atom. The molecular formula is C16H30O2. The summed E-state index contributed by atoms with van der Waals surface area (Å²) in [6.07, 6.45) is 16.0. The molecule has 0 N–H and O–H groups in total. The van der Waals surface area contributed by atoms with Gasteiger partial charge in [0.2, 0.25) is 0 Å². The van der Waals surface area contributed by atoms with Gasteiger partial charge in [-0.1, -0.05) is 57.8 Å². The highest BCUT2D eigenvalue weighted by molar-refractivity contribution is 5.69. The standard InChI is InChI=1S/C16H30O2/c1-15-13-11-9-7-5-3-2-4-6-8-10-12-14-16(17)18-15/h15H,2-14H2,1H3. The zero-order valence-corrected chi connectivity index (χ0v) is 12.1. The molecule has 1 saturated heterocycles. The van der Waals surface area contributed by atoms with E-state index < -0.39 is 0 Å². The molecule has 1 fully saturated rings. The number of hydrogen-bond acceptors (Lipinski definition) is 2. The summed E-state index contributed by atoms with van der Waals surface area (Å²) < 4.78 is 5.41. The van der Waals surface area contributed by atoms with Crippen molar-refractivity contribution in [1.29, 1.82) is 0 Å². The van der Waals surface area contributed by atoms with E-state index in [1.165, 1.54) is 64.2 Å². The molecule has 0 saturated carbocycles. The molecule has 0 aromatic heterocycles. The van der Waals surface area contributed by atoms with Crippen LogP contribution in [-0.2, 0) is 9.53 Å². The lowest BCUT2D eigenvalue weighted by Gasteiger charge is -2.13. The molecule has 0 spiro atoms. The van der Waals surface area contributed by atoms with E-state index >= 15 is 0 Å². The zero-order valence-electron chi connectivity index (χ0n) is 12.1. The number of ether oxygens (including phenoxy) is 1. The quantitative estimate of drug-likeness (QED) is 0.568.